The van der Waals surface area contributed by atoms with Crippen molar-refractivity contribution >= 4 is 5.91 Å². The van der Waals surface area contributed by atoms with Crippen molar-refractivity contribution in [3.05, 3.63) is 0 Å². The topological polar surface area (TPSA) is 52.6 Å². The van der Waals surface area contributed by atoms with Crippen LogP contribution in [0, 0.1) is 0 Å². The van der Waals surface area contributed by atoms with Gasteiger partial charge in [-0.1, -0.05) is 0 Å². The number of carbonyl (C=O) groups is 1. The quantitative estimate of drug-likeness (QED) is 0.717. The van der Waals surface area contributed by atoms with Gasteiger partial charge in [-0.25, -0.2) is 8.78 Å². The summed E-state index contributed by atoms with van der Waals surface area (Å²) in [5.41, 5.74) is 0. The Balaban J connectivity index is 2.62. The highest BCUT2D eigenvalue weighted by Gasteiger charge is 2.28. The Hall–Kier alpha value is -0.750. The highest BCUT2D eigenvalue weighted by Crippen LogP contribution is 2.13. The van der Waals surface area contributed by atoms with E-state index in [2.05, 4.69) is 5.32 Å². The number of carbonyl (C=O) groups excluding carboxylic acids is 1. The number of rotatable bonds is 5. The molecule has 0 radical (unpaired) electrons. The van der Waals surface area contributed by atoms with Crippen molar-refractivity contribution in [1.82, 2.24) is 10.2 Å². The maximum absolute atomic E-state index is 12.3. The van der Waals surface area contributed by atoms with E-state index >= 15 is 0 Å². The molecule has 1 saturated heterocycles. The maximum atomic E-state index is 12.3. The fraction of sp³-hybridized carbons (Fsp3) is 0.900. The molecule has 1 rings (SSSR count). The van der Waals surface area contributed by atoms with Crippen LogP contribution >= 0.6 is 0 Å². The van der Waals surface area contributed by atoms with Crippen molar-refractivity contribution in [2.45, 2.75) is 31.7 Å². The molecule has 0 aromatic rings. The first-order valence-corrected chi connectivity index (χ1v) is 5.56. The van der Waals surface area contributed by atoms with Crippen LogP contribution in [0.25, 0.3) is 0 Å². The fourth-order valence-corrected chi connectivity index (χ4v) is 1.95. The summed E-state index contributed by atoms with van der Waals surface area (Å²) in [4.78, 5) is 13.0. The molecule has 1 aliphatic heterocycles. The van der Waals surface area contributed by atoms with Gasteiger partial charge >= 0.3 is 0 Å². The molecule has 0 aliphatic carbocycles. The second kappa shape index (κ2) is 6.75. The normalized spacial score (nSPS) is 22.3. The summed E-state index contributed by atoms with van der Waals surface area (Å²) in [7, 11) is 0. The lowest BCUT2D eigenvalue weighted by Crippen LogP contribution is -2.48. The summed E-state index contributed by atoms with van der Waals surface area (Å²) in [5.74, 6) is -0.202. The van der Waals surface area contributed by atoms with Crippen LogP contribution in [-0.2, 0) is 4.79 Å². The van der Waals surface area contributed by atoms with E-state index in [-0.39, 0.29) is 19.1 Å². The first-order valence-electron chi connectivity index (χ1n) is 5.56. The molecule has 4 nitrogen and oxygen atoms in total. The number of aliphatic hydroxyl groups is 1. The van der Waals surface area contributed by atoms with Crippen molar-refractivity contribution < 1.29 is 18.7 Å². The molecule has 0 aromatic heterocycles. The minimum atomic E-state index is -2.48. The van der Waals surface area contributed by atoms with Gasteiger partial charge in [-0.2, -0.15) is 0 Å². The summed E-state index contributed by atoms with van der Waals surface area (Å²) < 4.78 is 24.7. The predicted molar refractivity (Wildman–Crippen MR) is 55.3 cm³/mol. The SMILES string of the molecule is O=C1NCCCCC1N(CCO)CC(F)F. The number of aliphatic hydroxyl groups excluding tert-OH is 1. The van der Waals surface area contributed by atoms with E-state index in [4.69, 9.17) is 5.11 Å². The molecule has 6 heteroatoms. The second-order valence-corrected chi connectivity index (χ2v) is 3.91. The molecular weight excluding hydrogens is 218 g/mol. The van der Waals surface area contributed by atoms with E-state index in [0.29, 0.717) is 13.0 Å². The zero-order valence-corrected chi connectivity index (χ0v) is 9.16. The molecule has 0 bridgehead atoms. The van der Waals surface area contributed by atoms with Gasteiger partial charge in [0, 0.05) is 13.1 Å². The molecule has 1 fully saturated rings. The van der Waals surface area contributed by atoms with Crippen LogP contribution in [0.4, 0.5) is 8.78 Å². The van der Waals surface area contributed by atoms with Gasteiger partial charge in [0.15, 0.2) is 0 Å². The lowest BCUT2D eigenvalue weighted by atomic mass is 10.1. The van der Waals surface area contributed by atoms with Gasteiger partial charge in [0.05, 0.1) is 19.2 Å². The minimum absolute atomic E-state index is 0.114. The summed E-state index contributed by atoms with van der Waals surface area (Å²) in [5, 5.41) is 11.5. The third kappa shape index (κ3) is 4.02. The van der Waals surface area contributed by atoms with E-state index in [1.165, 1.54) is 4.90 Å². The number of nitrogens with zero attached hydrogens (tertiary/aromatic N) is 1. The average molecular weight is 236 g/mol. The molecule has 1 heterocycles. The van der Waals surface area contributed by atoms with E-state index in [0.717, 1.165) is 12.8 Å². The van der Waals surface area contributed by atoms with Crippen molar-refractivity contribution in [2.75, 3.05) is 26.2 Å². The monoisotopic (exact) mass is 236 g/mol. The van der Waals surface area contributed by atoms with Gasteiger partial charge in [0.2, 0.25) is 5.91 Å². The number of alkyl halides is 2. The molecule has 0 aromatic carbocycles. The molecule has 94 valence electrons. The van der Waals surface area contributed by atoms with Gasteiger partial charge in [0.1, 0.15) is 0 Å². The maximum Gasteiger partial charge on any atom is 0.251 e. The molecule has 1 amide bonds. The molecular formula is C10H18F2N2O2. The van der Waals surface area contributed by atoms with E-state index in [9.17, 15) is 13.6 Å². The Labute approximate surface area is 93.6 Å². The number of nitrogens with one attached hydrogen (secondary N) is 1. The van der Waals surface area contributed by atoms with Crippen molar-refractivity contribution in [1.29, 1.82) is 0 Å². The smallest absolute Gasteiger partial charge is 0.251 e. The molecule has 1 atom stereocenters. The first kappa shape index (κ1) is 13.3. The van der Waals surface area contributed by atoms with E-state index < -0.39 is 19.0 Å². The minimum Gasteiger partial charge on any atom is -0.395 e. The van der Waals surface area contributed by atoms with Gasteiger partial charge in [-0.05, 0) is 19.3 Å². The van der Waals surface area contributed by atoms with Crippen LogP contribution in [0.2, 0.25) is 0 Å². The first-order chi connectivity index (χ1) is 7.65. The van der Waals surface area contributed by atoms with Crippen molar-refractivity contribution in [3.63, 3.8) is 0 Å². The summed E-state index contributed by atoms with van der Waals surface area (Å²) >= 11 is 0. The van der Waals surface area contributed by atoms with Crippen LogP contribution in [0.5, 0.6) is 0 Å². The standard InChI is InChI=1S/C10H18F2N2O2/c11-9(12)7-14(5-6-15)8-3-1-2-4-13-10(8)16/h8-9,15H,1-7H2,(H,13,16). The van der Waals surface area contributed by atoms with Crippen molar-refractivity contribution in [3.8, 4) is 0 Å². The van der Waals surface area contributed by atoms with Crippen LogP contribution in [0.3, 0.4) is 0 Å². The Morgan fingerprint density at radius 2 is 2.25 bits per heavy atom. The van der Waals surface area contributed by atoms with Gasteiger partial charge in [0.25, 0.3) is 6.43 Å². The average Bonchev–Trinajstić information content (AvgIpc) is 2.41. The molecule has 2 N–H and O–H groups in total. The summed E-state index contributed by atoms with van der Waals surface area (Å²) in [6.45, 7) is 0.0501. The highest BCUT2D eigenvalue weighted by atomic mass is 19.3. The number of amides is 1. The second-order valence-electron chi connectivity index (χ2n) is 3.91. The van der Waals surface area contributed by atoms with Gasteiger partial charge in [-0.15, -0.1) is 0 Å². The molecule has 0 saturated carbocycles. The molecule has 16 heavy (non-hydrogen) atoms. The number of hydrogen-bond acceptors (Lipinski definition) is 3. The van der Waals surface area contributed by atoms with Crippen LogP contribution in [0.15, 0.2) is 0 Å². The summed E-state index contributed by atoms with van der Waals surface area (Å²) in [6, 6.07) is -0.524. The third-order valence-electron chi connectivity index (χ3n) is 2.71. The molecule has 1 aliphatic rings. The lowest BCUT2D eigenvalue weighted by molar-refractivity contribution is -0.127. The predicted octanol–water partition coefficient (Wildman–Crippen LogP) is 0.214. The van der Waals surface area contributed by atoms with E-state index in [1.54, 1.807) is 0 Å². The Morgan fingerprint density at radius 1 is 1.50 bits per heavy atom. The highest BCUT2D eigenvalue weighted by molar-refractivity contribution is 5.81. The van der Waals surface area contributed by atoms with E-state index in [1.807, 2.05) is 0 Å². The Morgan fingerprint density at radius 3 is 2.88 bits per heavy atom. The molecule has 1 unspecified atom stereocenters. The fourth-order valence-electron chi connectivity index (χ4n) is 1.95. The Kier molecular flexibility index (Phi) is 5.62. The van der Waals surface area contributed by atoms with Gasteiger partial charge < -0.3 is 10.4 Å². The van der Waals surface area contributed by atoms with Crippen molar-refractivity contribution in [2.24, 2.45) is 0 Å². The third-order valence-corrected chi connectivity index (χ3v) is 2.71. The largest absolute Gasteiger partial charge is 0.395 e. The van der Waals surface area contributed by atoms with Gasteiger partial charge in [-0.3, -0.25) is 9.69 Å². The number of hydrogen-bond donors (Lipinski definition) is 2. The Bertz CT molecular complexity index is 227. The zero-order valence-electron chi connectivity index (χ0n) is 9.16. The zero-order chi connectivity index (χ0) is 12.0. The molecule has 0 spiro atoms. The van der Waals surface area contributed by atoms with Crippen LogP contribution < -0.4 is 5.32 Å². The summed E-state index contributed by atoms with van der Waals surface area (Å²) in [6.07, 6.45) is -0.181. The van der Waals surface area contributed by atoms with Crippen LogP contribution in [-0.4, -0.2) is 54.6 Å². The lowest BCUT2D eigenvalue weighted by Gasteiger charge is -2.28. The van der Waals surface area contributed by atoms with Crippen LogP contribution in [0.1, 0.15) is 19.3 Å². The number of halogens is 2.